The molecule has 0 saturated carbocycles. The summed E-state index contributed by atoms with van der Waals surface area (Å²) < 4.78 is 14.5. The molecule has 0 atom stereocenters. The maximum absolute atomic E-state index is 12.7. The van der Waals surface area contributed by atoms with E-state index in [0.29, 0.717) is 5.82 Å². The molecule has 0 bridgehead atoms. The van der Waals surface area contributed by atoms with Gasteiger partial charge in [-0.1, -0.05) is 0 Å². The Kier molecular flexibility index (Phi) is 2.68. The van der Waals surface area contributed by atoms with E-state index in [2.05, 4.69) is 10.2 Å². The smallest absolute Gasteiger partial charge is 0.152 e. The van der Waals surface area contributed by atoms with E-state index in [-0.39, 0.29) is 11.7 Å². The number of halogens is 2. The highest BCUT2D eigenvalue weighted by Crippen LogP contribution is 2.14. The van der Waals surface area contributed by atoms with Gasteiger partial charge in [-0.05, 0) is 31.2 Å². The Balaban J connectivity index is 2.52. The standard InChI is InChI=1S/C10H9ClFN3/c1-7-13-14-10(6-11)15(7)9-4-2-8(12)3-5-9/h2-5H,6H2,1H3. The summed E-state index contributed by atoms with van der Waals surface area (Å²) in [6.07, 6.45) is 0. The van der Waals surface area contributed by atoms with Crippen LogP contribution in [0.5, 0.6) is 0 Å². The normalized spacial score (nSPS) is 10.6. The van der Waals surface area contributed by atoms with Crippen LogP contribution in [0.15, 0.2) is 24.3 Å². The molecule has 0 amide bonds. The van der Waals surface area contributed by atoms with Crippen molar-refractivity contribution in [3.63, 3.8) is 0 Å². The average Bonchev–Trinajstić information content (AvgIpc) is 2.61. The molecule has 0 aliphatic heterocycles. The van der Waals surface area contributed by atoms with Gasteiger partial charge < -0.3 is 0 Å². The summed E-state index contributed by atoms with van der Waals surface area (Å²) in [5.74, 6) is 1.40. The van der Waals surface area contributed by atoms with Crippen molar-refractivity contribution in [3.05, 3.63) is 41.7 Å². The van der Waals surface area contributed by atoms with Crippen LogP contribution in [0, 0.1) is 12.7 Å². The number of aryl methyl sites for hydroxylation is 1. The van der Waals surface area contributed by atoms with Crippen LogP contribution < -0.4 is 0 Å². The van der Waals surface area contributed by atoms with Crippen LogP contribution in [0.2, 0.25) is 0 Å². The summed E-state index contributed by atoms with van der Waals surface area (Å²) in [7, 11) is 0. The highest BCUT2D eigenvalue weighted by atomic mass is 35.5. The third kappa shape index (κ3) is 1.85. The van der Waals surface area contributed by atoms with Crippen LogP contribution in [-0.4, -0.2) is 14.8 Å². The number of hydrogen-bond acceptors (Lipinski definition) is 2. The molecule has 0 saturated heterocycles. The van der Waals surface area contributed by atoms with Gasteiger partial charge in [0.25, 0.3) is 0 Å². The molecule has 0 aliphatic carbocycles. The summed E-state index contributed by atoms with van der Waals surface area (Å²) >= 11 is 5.73. The van der Waals surface area contributed by atoms with Crippen molar-refractivity contribution in [2.45, 2.75) is 12.8 Å². The van der Waals surface area contributed by atoms with E-state index in [4.69, 9.17) is 11.6 Å². The molecule has 3 nitrogen and oxygen atoms in total. The SMILES string of the molecule is Cc1nnc(CCl)n1-c1ccc(F)cc1. The molecule has 15 heavy (non-hydrogen) atoms. The van der Waals surface area contributed by atoms with E-state index >= 15 is 0 Å². The molecular weight excluding hydrogens is 217 g/mol. The van der Waals surface area contributed by atoms with Gasteiger partial charge in [0.05, 0.1) is 5.88 Å². The van der Waals surface area contributed by atoms with E-state index in [1.807, 2.05) is 6.92 Å². The number of benzene rings is 1. The molecule has 1 heterocycles. The van der Waals surface area contributed by atoms with Crippen molar-refractivity contribution in [1.82, 2.24) is 14.8 Å². The molecular formula is C10H9ClFN3. The molecule has 5 heteroatoms. The predicted molar refractivity (Wildman–Crippen MR) is 55.6 cm³/mol. The van der Waals surface area contributed by atoms with Crippen LogP contribution in [0.4, 0.5) is 4.39 Å². The summed E-state index contributed by atoms with van der Waals surface area (Å²) in [6.45, 7) is 1.83. The maximum Gasteiger partial charge on any atom is 0.152 e. The van der Waals surface area contributed by atoms with Crippen LogP contribution in [0.1, 0.15) is 11.6 Å². The van der Waals surface area contributed by atoms with Crippen molar-refractivity contribution >= 4 is 11.6 Å². The Hall–Kier alpha value is -1.42. The minimum Gasteiger partial charge on any atom is -0.282 e. The summed E-state index contributed by atoms with van der Waals surface area (Å²) in [5, 5.41) is 7.84. The van der Waals surface area contributed by atoms with Gasteiger partial charge in [-0.15, -0.1) is 21.8 Å². The molecule has 0 unspecified atom stereocenters. The first-order chi connectivity index (χ1) is 7.22. The van der Waals surface area contributed by atoms with Crippen molar-refractivity contribution in [3.8, 4) is 5.69 Å². The predicted octanol–water partition coefficient (Wildman–Crippen LogP) is 2.45. The van der Waals surface area contributed by atoms with Gasteiger partial charge in [0.15, 0.2) is 5.82 Å². The Morgan fingerprint density at radius 2 is 1.93 bits per heavy atom. The number of nitrogens with zero attached hydrogens (tertiary/aromatic N) is 3. The molecule has 0 spiro atoms. The van der Waals surface area contributed by atoms with Gasteiger partial charge in [-0.2, -0.15) is 0 Å². The van der Waals surface area contributed by atoms with Gasteiger partial charge in [-0.3, -0.25) is 4.57 Å². The fourth-order valence-electron chi connectivity index (χ4n) is 1.42. The molecule has 0 radical (unpaired) electrons. The zero-order chi connectivity index (χ0) is 10.8. The second-order valence-corrected chi connectivity index (χ2v) is 3.38. The van der Waals surface area contributed by atoms with E-state index in [1.165, 1.54) is 12.1 Å². The number of aromatic nitrogens is 3. The van der Waals surface area contributed by atoms with E-state index < -0.39 is 0 Å². The number of rotatable bonds is 2. The lowest BCUT2D eigenvalue weighted by atomic mass is 10.3. The maximum atomic E-state index is 12.7. The quantitative estimate of drug-likeness (QED) is 0.735. The number of alkyl halides is 1. The van der Waals surface area contributed by atoms with Crippen molar-refractivity contribution in [1.29, 1.82) is 0 Å². The van der Waals surface area contributed by atoms with Gasteiger partial charge in [0.1, 0.15) is 11.6 Å². The second-order valence-electron chi connectivity index (χ2n) is 3.11. The van der Waals surface area contributed by atoms with Gasteiger partial charge >= 0.3 is 0 Å². The first-order valence-corrected chi connectivity index (χ1v) is 4.98. The van der Waals surface area contributed by atoms with Crippen molar-refractivity contribution in [2.24, 2.45) is 0 Å². The van der Waals surface area contributed by atoms with Crippen LogP contribution in [0.25, 0.3) is 5.69 Å². The Labute approximate surface area is 91.5 Å². The molecule has 2 aromatic rings. The fraction of sp³-hybridized carbons (Fsp3) is 0.200. The lowest BCUT2D eigenvalue weighted by Gasteiger charge is -2.06. The summed E-state index contributed by atoms with van der Waals surface area (Å²) in [5.41, 5.74) is 0.814. The average molecular weight is 226 g/mol. The first kappa shape index (κ1) is 10.1. The molecule has 0 aliphatic rings. The Morgan fingerprint density at radius 1 is 1.27 bits per heavy atom. The number of hydrogen-bond donors (Lipinski definition) is 0. The summed E-state index contributed by atoms with van der Waals surface area (Å²) in [6, 6.07) is 6.13. The highest BCUT2D eigenvalue weighted by Gasteiger charge is 2.09. The van der Waals surface area contributed by atoms with E-state index in [1.54, 1.807) is 16.7 Å². The molecule has 78 valence electrons. The minimum atomic E-state index is -0.267. The van der Waals surface area contributed by atoms with E-state index in [9.17, 15) is 4.39 Å². The van der Waals surface area contributed by atoms with Crippen LogP contribution >= 0.6 is 11.6 Å². The second kappa shape index (κ2) is 3.98. The third-order valence-corrected chi connectivity index (χ3v) is 2.34. The Morgan fingerprint density at radius 3 is 2.53 bits per heavy atom. The lowest BCUT2D eigenvalue weighted by Crippen LogP contribution is -2.01. The first-order valence-electron chi connectivity index (χ1n) is 4.45. The minimum absolute atomic E-state index is 0.267. The van der Waals surface area contributed by atoms with Gasteiger partial charge in [0, 0.05) is 5.69 Å². The van der Waals surface area contributed by atoms with E-state index in [0.717, 1.165) is 11.5 Å². The topological polar surface area (TPSA) is 30.7 Å². The molecule has 1 aromatic carbocycles. The highest BCUT2D eigenvalue weighted by molar-refractivity contribution is 6.16. The molecule has 0 N–H and O–H groups in total. The molecule has 0 fully saturated rings. The largest absolute Gasteiger partial charge is 0.282 e. The third-order valence-electron chi connectivity index (χ3n) is 2.10. The lowest BCUT2D eigenvalue weighted by molar-refractivity contribution is 0.627. The van der Waals surface area contributed by atoms with Gasteiger partial charge in [-0.25, -0.2) is 4.39 Å². The molecule has 1 aromatic heterocycles. The zero-order valence-corrected chi connectivity index (χ0v) is 8.87. The summed E-state index contributed by atoms with van der Waals surface area (Å²) in [4.78, 5) is 0. The Bertz CT molecular complexity index is 464. The zero-order valence-electron chi connectivity index (χ0n) is 8.11. The van der Waals surface area contributed by atoms with Crippen molar-refractivity contribution in [2.75, 3.05) is 0 Å². The molecule has 2 rings (SSSR count). The van der Waals surface area contributed by atoms with Crippen LogP contribution in [0.3, 0.4) is 0 Å². The van der Waals surface area contributed by atoms with Gasteiger partial charge in [0.2, 0.25) is 0 Å². The van der Waals surface area contributed by atoms with Crippen LogP contribution in [-0.2, 0) is 5.88 Å². The monoisotopic (exact) mass is 225 g/mol. The fourth-order valence-corrected chi connectivity index (χ4v) is 1.59. The van der Waals surface area contributed by atoms with Crippen molar-refractivity contribution < 1.29 is 4.39 Å².